The SMILES string of the molecule is Cc1cc(=O)n2nc(CSc3cc(N)ccc3C)sc2n1. The monoisotopic (exact) mass is 318 g/mol. The predicted molar refractivity (Wildman–Crippen MR) is 87.0 cm³/mol. The molecule has 2 heterocycles. The predicted octanol–water partition coefficient (Wildman–Crippen LogP) is 2.64. The summed E-state index contributed by atoms with van der Waals surface area (Å²) in [5.74, 6) is 0.691. The summed E-state index contributed by atoms with van der Waals surface area (Å²) in [5.41, 5.74) is 8.33. The van der Waals surface area contributed by atoms with Gasteiger partial charge in [-0.05, 0) is 31.5 Å². The van der Waals surface area contributed by atoms with E-state index in [9.17, 15) is 4.79 Å². The second kappa shape index (κ2) is 5.50. The van der Waals surface area contributed by atoms with Crippen LogP contribution in [0.4, 0.5) is 5.69 Å². The number of fused-ring (bicyclic) bond motifs is 1. The summed E-state index contributed by atoms with van der Waals surface area (Å²) in [6, 6.07) is 7.35. The summed E-state index contributed by atoms with van der Waals surface area (Å²) in [6.45, 7) is 3.86. The fourth-order valence-electron chi connectivity index (χ4n) is 1.93. The van der Waals surface area contributed by atoms with Crippen molar-refractivity contribution < 1.29 is 0 Å². The number of nitrogens with two attached hydrogens (primary N) is 1. The molecule has 1 aromatic carbocycles. The molecule has 5 nitrogen and oxygen atoms in total. The molecule has 108 valence electrons. The fraction of sp³-hybridized carbons (Fsp3) is 0.214. The third kappa shape index (κ3) is 2.93. The van der Waals surface area contributed by atoms with Crippen LogP contribution in [0.3, 0.4) is 0 Å². The Morgan fingerprint density at radius 3 is 2.95 bits per heavy atom. The van der Waals surface area contributed by atoms with E-state index >= 15 is 0 Å². The molecule has 0 saturated heterocycles. The van der Waals surface area contributed by atoms with Gasteiger partial charge < -0.3 is 5.73 Å². The average Bonchev–Trinajstić information content (AvgIpc) is 2.83. The van der Waals surface area contributed by atoms with E-state index in [-0.39, 0.29) is 5.56 Å². The lowest BCUT2D eigenvalue weighted by molar-refractivity contribution is 0.870. The lowest BCUT2D eigenvalue weighted by Crippen LogP contribution is -2.14. The van der Waals surface area contributed by atoms with Crippen molar-refractivity contribution in [2.24, 2.45) is 0 Å². The van der Waals surface area contributed by atoms with Crippen molar-refractivity contribution in [3.8, 4) is 0 Å². The quantitative estimate of drug-likeness (QED) is 0.593. The van der Waals surface area contributed by atoms with Crippen LogP contribution in [0.25, 0.3) is 4.96 Å². The summed E-state index contributed by atoms with van der Waals surface area (Å²) in [4.78, 5) is 17.9. The number of aryl methyl sites for hydroxylation is 2. The van der Waals surface area contributed by atoms with Crippen LogP contribution in [0.15, 0.2) is 34.0 Å². The first kappa shape index (κ1) is 14.1. The topological polar surface area (TPSA) is 73.3 Å². The van der Waals surface area contributed by atoms with Crippen molar-refractivity contribution in [1.29, 1.82) is 0 Å². The maximum absolute atomic E-state index is 11.8. The van der Waals surface area contributed by atoms with Gasteiger partial charge in [-0.25, -0.2) is 4.98 Å². The van der Waals surface area contributed by atoms with Crippen LogP contribution in [0.5, 0.6) is 0 Å². The number of anilines is 1. The molecule has 0 radical (unpaired) electrons. The van der Waals surface area contributed by atoms with Crippen LogP contribution in [0, 0.1) is 13.8 Å². The standard InChI is InChI=1S/C14H14N4OS2/c1-8-3-4-10(15)6-11(8)20-7-12-17-18-13(19)5-9(2)16-14(18)21-12/h3-6H,7,15H2,1-2H3. The van der Waals surface area contributed by atoms with E-state index in [4.69, 9.17) is 5.73 Å². The molecule has 0 bridgehead atoms. The Bertz CT molecular complexity index is 869. The minimum atomic E-state index is -0.134. The number of nitrogens with zero attached hydrogens (tertiary/aromatic N) is 3. The molecule has 0 atom stereocenters. The van der Waals surface area contributed by atoms with Crippen LogP contribution < -0.4 is 11.3 Å². The highest BCUT2D eigenvalue weighted by molar-refractivity contribution is 7.98. The minimum absolute atomic E-state index is 0.134. The molecule has 3 aromatic rings. The molecule has 21 heavy (non-hydrogen) atoms. The zero-order valence-electron chi connectivity index (χ0n) is 11.7. The van der Waals surface area contributed by atoms with Crippen LogP contribution in [-0.2, 0) is 5.75 Å². The molecule has 0 unspecified atom stereocenters. The zero-order valence-corrected chi connectivity index (χ0v) is 13.3. The van der Waals surface area contributed by atoms with Crippen LogP contribution in [0.2, 0.25) is 0 Å². The van der Waals surface area contributed by atoms with E-state index in [1.165, 1.54) is 27.5 Å². The van der Waals surface area contributed by atoms with Gasteiger partial charge in [-0.3, -0.25) is 4.79 Å². The lowest BCUT2D eigenvalue weighted by Gasteiger charge is -2.04. The molecule has 2 aromatic heterocycles. The molecular weight excluding hydrogens is 304 g/mol. The molecule has 0 amide bonds. The van der Waals surface area contributed by atoms with Gasteiger partial charge in [-0.1, -0.05) is 17.4 Å². The van der Waals surface area contributed by atoms with Crippen molar-refractivity contribution in [1.82, 2.24) is 14.6 Å². The summed E-state index contributed by atoms with van der Waals surface area (Å²) in [5, 5.41) is 5.20. The third-order valence-electron chi connectivity index (χ3n) is 2.98. The van der Waals surface area contributed by atoms with Crippen LogP contribution in [0.1, 0.15) is 16.3 Å². The van der Waals surface area contributed by atoms with Crippen molar-refractivity contribution >= 4 is 33.7 Å². The van der Waals surface area contributed by atoms with Crippen LogP contribution in [-0.4, -0.2) is 14.6 Å². The molecule has 3 rings (SSSR count). The number of thioether (sulfide) groups is 1. The van der Waals surface area contributed by atoms with Crippen molar-refractivity contribution in [2.45, 2.75) is 24.5 Å². The number of nitrogen functional groups attached to an aromatic ring is 1. The molecule has 2 N–H and O–H groups in total. The Labute approximate surface area is 129 Å². The first-order valence-corrected chi connectivity index (χ1v) is 8.18. The van der Waals surface area contributed by atoms with Gasteiger partial charge in [0.05, 0.1) is 5.75 Å². The molecule has 0 aliphatic heterocycles. The Morgan fingerprint density at radius 2 is 2.14 bits per heavy atom. The number of hydrogen-bond donors (Lipinski definition) is 1. The van der Waals surface area contributed by atoms with E-state index in [0.29, 0.717) is 10.7 Å². The van der Waals surface area contributed by atoms with Gasteiger partial charge in [0.2, 0.25) is 4.96 Å². The largest absolute Gasteiger partial charge is 0.399 e. The fourth-order valence-corrected chi connectivity index (χ4v) is 3.93. The normalized spacial score (nSPS) is 11.1. The van der Waals surface area contributed by atoms with E-state index in [1.807, 2.05) is 25.1 Å². The van der Waals surface area contributed by atoms with E-state index in [2.05, 4.69) is 17.0 Å². The second-order valence-electron chi connectivity index (χ2n) is 4.74. The highest BCUT2D eigenvalue weighted by Crippen LogP contribution is 2.28. The summed E-state index contributed by atoms with van der Waals surface area (Å²) < 4.78 is 1.36. The van der Waals surface area contributed by atoms with Crippen molar-refractivity contribution in [3.05, 3.63) is 50.9 Å². The Kier molecular flexibility index (Phi) is 3.69. The van der Waals surface area contributed by atoms with Gasteiger partial charge >= 0.3 is 0 Å². The molecule has 0 aliphatic rings. The molecule has 7 heteroatoms. The second-order valence-corrected chi connectivity index (χ2v) is 6.80. The first-order chi connectivity index (χ1) is 10.0. The first-order valence-electron chi connectivity index (χ1n) is 6.38. The zero-order chi connectivity index (χ0) is 15.0. The number of rotatable bonds is 3. The number of aromatic nitrogens is 3. The van der Waals surface area contributed by atoms with E-state index < -0.39 is 0 Å². The van der Waals surface area contributed by atoms with Gasteiger partial charge in [-0.2, -0.15) is 9.61 Å². The highest BCUT2D eigenvalue weighted by atomic mass is 32.2. The minimum Gasteiger partial charge on any atom is -0.399 e. The molecule has 0 saturated carbocycles. The van der Waals surface area contributed by atoms with Gasteiger partial charge in [0.1, 0.15) is 5.01 Å². The van der Waals surface area contributed by atoms with Crippen molar-refractivity contribution in [2.75, 3.05) is 5.73 Å². The average molecular weight is 318 g/mol. The number of benzene rings is 1. The maximum atomic E-state index is 11.8. The van der Waals surface area contributed by atoms with Gasteiger partial charge in [0.15, 0.2) is 0 Å². The Morgan fingerprint density at radius 1 is 1.33 bits per heavy atom. The molecule has 0 spiro atoms. The van der Waals surface area contributed by atoms with E-state index in [0.717, 1.165) is 21.3 Å². The Hall–Kier alpha value is -1.86. The summed E-state index contributed by atoms with van der Waals surface area (Å²) in [6.07, 6.45) is 0. The van der Waals surface area contributed by atoms with Crippen LogP contribution >= 0.6 is 23.1 Å². The smallest absolute Gasteiger partial charge is 0.275 e. The molecule has 0 fully saturated rings. The molecular formula is C14H14N4OS2. The van der Waals surface area contributed by atoms with Gasteiger partial charge in [0, 0.05) is 22.3 Å². The Balaban J connectivity index is 1.87. The lowest BCUT2D eigenvalue weighted by atomic mass is 10.2. The van der Waals surface area contributed by atoms with E-state index in [1.54, 1.807) is 11.8 Å². The highest BCUT2D eigenvalue weighted by Gasteiger charge is 2.09. The van der Waals surface area contributed by atoms with Crippen molar-refractivity contribution in [3.63, 3.8) is 0 Å². The third-order valence-corrected chi connectivity index (χ3v) is 5.24. The maximum Gasteiger partial charge on any atom is 0.275 e. The summed E-state index contributed by atoms with van der Waals surface area (Å²) in [7, 11) is 0. The van der Waals surface area contributed by atoms with Gasteiger partial charge in [0.25, 0.3) is 5.56 Å². The summed E-state index contributed by atoms with van der Waals surface area (Å²) >= 11 is 3.11. The molecule has 0 aliphatic carbocycles. The van der Waals surface area contributed by atoms with Gasteiger partial charge in [-0.15, -0.1) is 11.8 Å². The number of hydrogen-bond acceptors (Lipinski definition) is 6.